The van der Waals surface area contributed by atoms with Crippen LogP contribution in [0.25, 0.3) is 0 Å². The highest BCUT2D eigenvalue weighted by Crippen LogP contribution is 2.25. The smallest absolute Gasteiger partial charge is 0.240 e. The van der Waals surface area contributed by atoms with E-state index in [1.165, 1.54) is 42.3 Å². The second-order valence-corrected chi connectivity index (χ2v) is 7.85. The van der Waals surface area contributed by atoms with Gasteiger partial charge in [-0.05, 0) is 48.9 Å². The monoisotopic (exact) mass is 378 g/mol. The van der Waals surface area contributed by atoms with Crippen molar-refractivity contribution in [2.75, 3.05) is 18.6 Å². The zero-order valence-electron chi connectivity index (χ0n) is 14.4. The van der Waals surface area contributed by atoms with Crippen LogP contribution in [-0.4, -0.2) is 34.0 Å². The first-order chi connectivity index (χ1) is 12.3. The van der Waals surface area contributed by atoms with Crippen molar-refractivity contribution in [1.29, 1.82) is 0 Å². The van der Waals surface area contributed by atoms with Gasteiger partial charge >= 0.3 is 0 Å². The van der Waals surface area contributed by atoms with Crippen LogP contribution in [-0.2, 0) is 14.8 Å². The Morgan fingerprint density at radius 2 is 2.00 bits per heavy atom. The third-order valence-electron chi connectivity index (χ3n) is 4.24. The van der Waals surface area contributed by atoms with Gasteiger partial charge in [-0.1, -0.05) is 6.07 Å². The van der Waals surface area contributed by atoms with Crippen molar-refractivity contribution in [2.24, 2.45) is 0 Å². The quantitative estimate of drug-likeness (QED) is 0.866. The van der Waals surface area contributed by atoms with Gasteiger partial charge in [0.1, 0.15) is 11.6 Å². The maximum Gasteiger partial charge on any atom is 0.240 e. The molecule has 2 aromatic carbocycles. The lowest BCUT2D eigenvalue weighted by Gasteiger charge is -2.17. The minimum absolute atomic E-state index is 0.0187. The number of sulfonamides is 1. The van der Waals surface area contributed by atoms with Crippen LogP contribution in [0.3, 0.4) is 0 Å². The second kappa shape index (κ2) is 7.05. The van der Waals surface area contributed by atoms with Crippen LogP contribution in [0.4, 0.5) is 10.1 Å². The van der Waals surface area contributed by atoms with Crippen LogP contribution in [0.15, 0.2) is 47.4 Å². The molecule has 2 aromatic rings. The summed E-state index contributed by atoms with van der Waals surface area (Å²) >= 11 is 0. The number of anilines is 1. The Labute approximate surface area is 151 Å². The molecule has 0 aliphatic carbocycles. The molecule has 1 atom stereocenters. The number of aryl methyl sites for hydroxylation is 1. The lowest BCUT2D eigenvalue weighted by molar-refractivity contribution is -0.117. The molecule has 0 bridgehead atoms. The molecule has 26 heavy (non-hydrogen) atoms. The number of carbonyl (C=O) groups excluding carboxylic acids is 1. The number of rotatable bonds is 5. The average molecular weight is 378 g/mol. The highest BCUT2D eigenvalue weighted by Gasteiger charge is 2.33. The fourth-order valence-electron chi connectivity index (χ4n) is 2.99. The molecule has 8 heteroatoms. The summed E-state index contributed by atoms with van der Waals surface area (Å²) < 4.78 is 46.3. The summed E-state index contributed by atoms with van der Waals surface area (Å²) in [5.41, 5.74) is 1.11. The van der Waals surface area contributed by atoms with Crippen LogP contribution in [0, 0.1) is 12.7 Å². The third kappa shape index (κ3) is 3.71. The van der Waals surface area contributed by atoms with Gasteiger partial charge in [0, 0.05) is 24.7 Å². The molecule has 1 fully saturated rings. The molecule has 1 amide bonds. The molecule has 0 aromatic heterocycles. The average Bonchev–Trinajstić information content (AvgIpc) is 2.94. The number of benzene rings is 2. The minimum Gasteiger partial charge on any atom is -0.496 e. The van der Waals surface area contributed by atoms with Gasteiger partial charge in [-0.2, -0.15) is 0 Å². The number of carbonyl (C=O) groups is 1. The number of nitrogens with zero attached hydrogens (tertiary/aromatic N) is 1. The molecule has 0 spiro atoms. The van der Waals surface area contributed by atoms with Crippen molar-refractivity contribution >= 4 is 21.6 Å². The molecule has 138 valence electrons. The number of hydrogen-bond donors (Lipinski definition) is 1. The topological polar surface area (TPSA) is 75.7 Å². The van der Waals surface area contributed by atoms with E-state index in [-0.39, 0.29) is 23.8 Å². The molecule has 1 heterocycles. The molecule has 1 unspecified atom stereocenters. The zero-order valence-corrected chi connectivity index (χ0v) is 15.2. The SMILES string of the molecule is COc1ccc(S(=O)(=O)NC2CC(=O)N(c3cccc(F)c3)C2)cc1C. The van der Waals surface area contributed by atoms with Crippen LogP contribution in [0.5, 0.6) is 5.75 Å². The maximum atomic E-state index is 13.4. The first-order valence-electron chi connectivity index (χ1n) is 8.03. The number of nitrogens with one attached hydrogen (secondary N) is 1. The normalized spacial score (nSPS) is 17.6. The fourth-order valence-corrected chi connectivity index (χ4v) is 4.30. The van der Waals surface area contributed by atoms with Crippen molar-refractivity contribution in [3.8, 4) is 5.75 Å². The van der Waals surface area contributed by atoms with E-state index in [1.54, 1.807) is 19.1 Å². The second-order valence-electron chi connectivity index (χ2n) is 6.14. The number of methoxy groups -OCH3 is 1. The molecular formula is C18H19FN2O4S. The van der Waals surface area contributed by atoms with Gasteiger partial charge in [0.25, 0.3) is 0 Å². The molecule has 1 N–H and O–H groups in total. The van der Waals surface area contributed by atoms with E-state index in [2.05, 4.69) is 4.72 Å². The summed E-state index contributed by atoms with van der Waals surface area (Å²) in [5.74, 6) is -0.112. The standard InChI is InChI=1S/C18H19FN2O4S/c1-12-8-16(6-7-17(12)25-2)26(23,24)20-14-10-18(22)21(11-14)15-5-3-4-13(19)9-15/h3-9,14,20H,10-11H2,1-2H3. The molecule has 1 saturated heterocycles. The summed E-state index contributed by atoms with van der Waals surface area (Å²) in [6, 6.07) is 9.64. The Balaban J connectivity index is 1.77. The predicted octanol–water partition coefficient (Wildman–Crippen LogP) is 2.23. The lowest BCUT2D eigenvalue weighted by atomic mass is 10.2. The van der Waals surface area contributed by atoms with Crippen LogP contribution in [0.2, 0.25) is 0 Å². The van der Waals surface area contributed by atoms with Crippen molar-refractivity contribution in [3.63, 3.8) is 0 Å². The van der Waals surface area contributed by atoms with Crippen LogP contribution < -0.4 is 14.4 Å². The first kappa shape index (κ1) is 18.3. The minimum atomic E-state index is -3.79. The van der Waals surface area contributed by atoms with Gasteiger partial charge < -0.3 is 9.64 Å². The number of amides is 1. The van der Waals surface area contributed by atoms with Crippen LogP contribution in [0.1, 0.15) is 12.0 Å². The van der Waals surface area contributed by atoms with Gasteiger partial charge in [0.2, 0.25) is 15.9 Å². The molecule has 0 radical (unpaired) electrons. The van der Waals surface area contributed by atoms with Gasteiger partial charge in [-0.25, -0.2) is 17.5 Å². The molecule has 1 aliphatic rings. The van der Waals surface area contributed by atoms with Crippen molar-refractivity contribution in [3.05, 3.63) is 53.8 Å². The van der Waals surface area contributed by atoms with Gasteiger partial charge in [0.05, 0.1) is 12.0 Å². The molecule has 1 aliphatic heterocycles. The van der Waals surface area contributed by atoms with E-state index in [0.29, 0.717) is 17.0 Å². The predicted molar refractivity (Wildman–Crippen MR) is 95.2 cm³/mol. The fraction of sp³-hybridized carbons (Fsp3) is 0.278. The van der Waals surface area contributed by atoms with E-state index >= 15 is 0 Å². The van der Waals surface area contributed by atoms with E-state index < -0.39 is 21.9 Å². The Morgan fingerprint density at radius 3 is 2.65 bits per heavy atom. The Morgan fingerprint density at radius 1 is 1.23 bits per heavy atom. The Hall–Kier alpha value is -2.45. The molecule has 0 saturated carbocycles. The largest absolute Gasteiger partial charge is 0.496 e. The van der Waals surface area contributed by atoms with E-state index in [1.807, 2.05) is 0 Å². The molecule has 3 rings (SSSR count). The van der Waals surface area contributed by atoms with E-state index in [9.17, 15) is 17.6 Å². The maximum absolute atomic E-state index is 13.4. The van der Waals surface area contributed by atoms with Gasteiger partial charge in [-0.15, -0.1) is 0 Å². The van der Waals surface area contributed by atoms with Crippen molar-refractivity contribution in [2.45, 2.75) is 24.3 Å². The zero-order chi connectivity index (χ0) is 18.9. The molecular weight excluding hydrogens is 359 g/mol. The summed E-state index contributed by atoms with van der Waals surface area (Å²) in [6.45, 7) is 1.90. The highest BCUT2D eigenvalue weighted by atomic mass is 32.2. The summed E-state index contributed by atoms with van der Waals surface area (Å²) in [7, 11) is -2.27. The number of hydrogen-bond acceptors (Lipinski definition) is 4. The highest BCUT2D eigenvalue weighted by molar-refractivity contribution is 7.89. The van der Waals surface area contributed by atoms with E-state index in [4.69, 9.17) is 4.74 Å². The van der Waals surface area contributed by atoms with E-state index in [0.717, 1.165) is 0 Å². The van der Waals surface area contributed by atoms with Crippen molar-refractivity contribution < 1.29 is 22.3 Å². The Bertz CT molecular complexity index is 946. The summed E-state index contributed by atoms with van der Waals surface area (Å²) in [5, 5.41) is 0. The number of halogens is 1. The van der Waals surface area contributed by atoms with Crippen LogP contribution >= 0.6 is 0 Å². The first-order valence-corrected chi connectivity index (χ1v) is 9.51. The van der Waals surface area contributed by atoms with Crippen molar-refractivity contribution in [1.82, 2.24) is 4.72 Å². The van der Waals surface area contributed by atoms with Gasteiger partial charge in [-0.3, -0.25) is 4.79 Å². The number of ether oxygens (including phenoxy) is 1. The molecule has 6 nitrogen and oxygen atoms in total. The lowest BCUT2D eigenvalue weighted by Crippen LogP contribution is -2.37. The summed E-state index contributed by atoms with van der Waals surface area (Å²) in [6.07, 6.45) is 0.0187. The Kier molecular flexibility index (Phi) is 4.97. The summed E-state index contributed by atoms with van der Waals surface area (Å²) in [4.78, 5) is 13.7. The third-order valence-corrected chi connectivity index (χ3v) is 5.76. The van der Waals surface area contributed by atoms with Gasteiger partial charge in [0.15, 0.2) is 0 Å².